The van der Waals surface area contributed by atoms with Crippen LogP contribution in [-0.4, -0.2) is 53.5 Å². The zero-order valence-electron chi connectivity index (χ0n) is 18.4. The molecule has 1 aliphatic heterocycles. The van der Waals surface area contributed by atoms with E-state index in [-0.39, 0.29) is 23.5 Å². The quantitative estimate of drug-likeness (QED) is 0.379. The highest BCUT2D eigenvalue weighted by molar-refractivity contribution is 9.10. The van der Waals surface area contributed by atoms with Crippen LogP contribution in [0.15, 0.2) is 44.1 Å². The molecule has 1 N–H and O–H groups in total. The lowest BCUT2D eigenvalue weighted by atomic mass is 10.1. The molecule has 1 aliphatic rings. The maximum absolute atomic E-state index is 14.5. The number of halogens is 4. The van der Waals surface area contributed by atoms with E-state index in [1.807, 2.05) is 0 Å². The van der Waals surface area contributed by atoms with Crippen LogP contribution in [0, 0.1) is 5.82 Å². The van der Waals surface area contributed by atoms with E-state index in [1.165, 1.54) is 32.4 Å². The number of alkyl halides is 2. The largest absolute Gasteiger partial charge is 0.465 e. The lowest BCUT2D eigenvalue weighted by Gasteiger charge is -2.31. The molecule has 188 valence electrons. The number of aromatic nitrogens is 5. The van der Waals surface area contributed by atoms with Gasteiger partial charge in [-0.3, -0.25) is 14.1 Å². The molecule has 4 heterocycles. The van der Waals surface area contributed by atoms with Gasteiger partial charge in [-0.25, -0.2) is 14.0 Å². The van der Waals surface area contributed by atoms with E-state index in [0.29, 0.717) is 41.7 Å². The second-order valence-electron chi connectivity index (χ2n) is 8.30. The molecule has 4 aromatic rings. The first-order valence-electron chi connectivity index (χ1n) is 10.9. The molecule has 10 nitrogen and oxygen atoms in total. The van der Waals surface area contributed by atoms with Crippen LogP contribution in [0.2, 0.25) is 0 Å². The predicted molar refractivity (Wildman–Crippen MR) is 123 cm³/mol. The molecule has 1 aromatic carbocycles. The minimum atomic E-state index is -2.89. The van der Waals surface area contributed by atoms with E-state index >= 15 is 0 Å². The smallest absolute Gasteiger partial charge is 0.407 e. The fourth-order valence-corrected chi connectivity index (χ4v) is 4.69. The molecule has 0 saturated carbocycles. The van der Waals surface area contributed by atoms with Gasteiger partial charge in [0.1, 0.15) is 5.82 Å². The first kappa shape index (κ1) is 24.0. The highest BCUT2D eigenvalue weighted by atomic mass is 79.9. The van der Waals surface area contributed by atoms with Crippen molar-refractivity contribution in [2.75, 3.05) is 13.1 Å². The lowest BCUT2D eigenvalue weighted by molar-refractivity contribution is 0.116. The molecule has 36 heavy (non-hydrogen) atoms. The summed E-state index contributed by atoms with van der Waals surface area (Å²) < 4.78 is 47.9. The van der Waals surface area contributed by atoms with Crippen molar-refractivity contribution in [1.82, 2.24) is 29.2 Å². The monoisotopic (exact) mass is 566 g/mol. The van der Waals surface area contributed by atoms with Crippen molar-refractivity contribution in [2.24, 2.45) is 0 Å². The molecule has 1 saturated heterocycles. The Morgan fingerprint density at radius 2 is 2.06 bits per heavy atom. The molecule has 0 radical (unpaired) electrons. The lowest BCUT2D eigenvalue weighted by Crippen LogP contribution is -2.42. The van der Waals surface area contributed by atoms with E-state index in [9.17, 15) is 27.9 Å². The van der Waals surface area contributed by atoms with Gasteiger partial charge < -0.3 is 14.4 Å². The fourth-order valence-electron chi connectivity index (χ4n) is 4.36. The number of nitrogens with zero attached hydrogens (tertiary/aromatic N) is 6. The Labute approximate surface area is 209 Å². The van der Waals surface area contributed by atoms with Gasteiger partial charge in [-0.2, -0.15) is 8.78 Å². The number of benzene rings is 1. The summed E-state index contributed by atoms with van der Waals surface area (Å²) in [4.78, 5) is 30.6. The van der Waals surface area contributed by atoms with E-state index in [0.717, 1.165) is 0 Å². The number of likely N-dealkylation sites (tertiary alicyclic amines) is 1. The van der Waals surface area contributed by atoms with Crippen molar-refractivity contribution < 1.29 is 27.5 Å². The summed E-state index contributed by atoms with van der Waals surface area (Å²) in [6.07, 6.45) is -1.42. The summed E-state index contributed by atoms with van der Waals surface area (Å²) in [6, 6.07) is 5.45. The second-order valence-corrected chi connectivity index (χ2v) is 9.16. The second kappa shape index (κ2) is 9.41. The molecular weight excluding hydrogens is 549 g/mol. The summed E-state index contributed by atoms with van der Waals surface area (Å²) >= 11 is 3.17. The van der Waals surface area contributed by atoms with Crippen LogP contribution >= 0.6 is 15.9 Å². The average molecular weight is 567 g/mol. The predicted octanol–water partition coefficient (Wildman–Crippen LogP) is 4.45. The molecule has 1 fully saturated rings. The van der Waals surface area contributed by atoms with Crippen molar-refractivity contribution in [3.05, 3.63) is 62.8 Å². The van der Waals surface area contributed by atoms with Crippen molar-refractivity contribution >= 4 is 33.1 Å². The van der Waals surface area contributed by atoms with Crippen molar-refractivity contribution in [3.8, 4) is 11.5 Å². The van der Waals surface area contributed by atoms with E-state index < -0.39 is 36.0 Å². The Hall–Kier alpha value is -3.68. The van der Waals surface area contributed by atoms with Gasteiger partial charge in [0.15, 0.2) is 0 Å². The van der Waals surface area contributed by atoms with Crippen molar-refractivity contribution in [2.45, 2.75) is 31.9 Å². The SMILES string of the molecule is O=C(O)N1CCC[C@H](n2c(=O)n(Cc3ccc(-c4nnc(C(F)F)o4)cn3)c3cc(F)c(Br)cc32)C1. The Bertz CT molecular complexity index is 1500. The van der Waals surface area contributed by atoms with Crippen LogP contribution < -0.4 is 5.69 Å². The van der Waals surface area contributed by atoms with Crippen molar-refractivity contribution in [1.29, 1.82) is 0 Å². The molecule has 0 spiro atoms. The molecule has 5 rings (SSSR count). The van der Waals surface area contributed by atoms with Gasteiger partial charge in [0.25, 0.3) is 5.89 Å². The standard InChI is InChI=1S/C22H18BrF3N6O4/c23-14-6-17-16(7-15(14)24)31(21(33)32(17)13-2-1-5-30(10-13)22(34)35)9-12-4-3-11(8-27-12)19-28-29-20(36-19)18(25)26/h3-4,6-8,13,18H,1-2,5,9-10H2,(H,34,35)/t13-/m0/s1. The third-order valence-corrected chi connectivity index (χ3v) is 6.66. The molecule has 0 aliphatic carbocycles. The van der Waals surface area contributed by atoms with Crippen molar-refractivity contribution in [3.63, 3.8) is 0 Å². The topological polar surface area (TPSA) is 119 Å². The van der Waals surface area contributed by atoms with Crippen LogP contribution in [0.3, 0.4) is 0 Å². The van der Waals surface area contributed by atoms with Gasteiger partial charge in [0, 0.05) is 25.4 Å². The highest BCUT2D eigenvalue weighted by Crippen LogP contribution is 2.29. The molecule has 1 amide bonds. The first-order valence-corrected chi connectivity index (χ1v) is 11.7. The molecule has 0 unspecified atom stereocenters. The van der Waals surface area contributed by atoms with Gasteiger partial charge in [0.2, 0.25) is 5.89 Å². The Kier molecular flexibility index (Phi) is 6.28. The number of piperidine rings is 1. The first-order chi connectivity index (χ1) is 17.2. The van der Waals surface area contributed by atoms with Gasteiger partial charge in [-0.15, -0.1) is 10.2 Å². The summed E-state index contributed by atoms with van der Waals surface area (Å²) in [6.45, 7) is 0.513. The van der Waals surface area contributed by atoms with Crippen LogP contribution in [0.25, 0.3) is 22.5 Å². The third-order valence-electron chi connectivity index (χ3n) is 6.06. The molecule has 3 aromatic heterocycles. The minimum absolute atomic E-state index is 0.00876. The number of carboxylic acid groups (broad SMARTS) is 1. The summed E-state index contributed by atoms with van der Waals surface area (Å²) in [5.74, 6) is -1.48. The van der Waals surface area contributed by atoms with Crippen LogP contribution in [-0.2, 0) is 6.54 Å². The van der Waals surface area contributed by atoms with Crippen LogP contribution in [0.4, 0.5) is 18.0 Å². The van der Waals surface area contributed by atoms with E-state index in [4.69, 9.17) is 4.42 Å². The van der Waals surface area contributed by atoms with E-state index in [2.05, 4.69) is 31.1 Å². The minimum Gasteiger partial charge on any atom is -0.465 e. The van der Waals surface area contributed by atoms with Gasteiger partial charge in [-0.1, -0.05) is 0 Å². The summed E-state index contributed by atoms with van der Waals surface area (Å²) in [5, 5.41) is 16.3. The maximum atomic E-state index is 14.5. The zero-order chi connectivity index (χ0) is 25.6. The summed E-state index contributed by atoms with van der Waals surface area (Å²) in [7, 11) is 0. The molecule has 1 atom stereocenters. The number of imidazole rings is 1. The Morgan fingerprint density at radius 3 is 2.72 bits per heavy atom. The van der Waals surface area contributed by atoms with Crippen LogP contribution in [0.5, 0.6) is 0 Å². The van der Waals surface area contributed by atoms with E-state index in [1.54, 1.807) is 12.1 Å². The molecular formula is C22H18BrF3N6O4. The Morgan fingerprint density at radius 1 is 1.25 bits per heavy atom. The normalized spacial score (nSPS) is 16.2. The number of carbonyl (C=O) groups is 1. The number of rotatable bonds is 5. The zero-order valence-corrected chi connectivity index (χ0v) is 20.0. The van der Waals surface area contributed by atoms with Gasteiger partial charge >= 0.3 is 18.2 Å². The number of hydrogen-bond donors (Lipinski definition) is 1. The number of hydrogen-bond acceptors (Lipinski definition) is 6. The summed E-state index contributed by atoms with van der Waals surface area (Å²) in [5.41, 5.74) is 1.13. The Balaban J connectivity index is 1.51. The molecule has 0 bridgehead atoms. The number of amides is 1. The highest BCUT2D eigenvalue weighted by Gasteiger charge is 2.29. The molecule has 14 heteroatoms. The fraction of sp³-hybridized carbons (Fsp3) is 0.318. The van der Waals surface area contributed by atoms with Crippen LogP contribution in [0.1, 0.15) is 36.9 Å². The number of fused-ring (bicyclic) bond motifs is 1. The number of pyridine rings is 1. The third kappa shape index (κ3) is 4.36. The maximum Gasteiger partial charge on any atom is 0.407 e. The average Bonchev–Trinajstić information content (AvgIpc) is 3.44. The van der Waals surface area contributed by atoms with Gasteiger partial charge in [-0.05, 0) is 47.0 Å². The van der Waals surface area contributed by atoms with Gasteiger partial charge in [0.05, 0.1) is 39.4 Å².